The number of hydrazine groups is 1. The minimum absolute atomic E-state index is 0.161. The van der Waals surface area contributed by atoms with Crippen molar-refractivity contribution in [2.24, 2.45) is 5.84 Å². The van der Waals surface area contributed by atoms with Crippen LogP contribution in [0.3, 0.4) is 0 Å². The van der Waals surface area contributed by atoms with Gasteiger partial charge in [-0.05, 0) is 30.2 Å². The summed E-state index contributed by atoms with van der Waals surface area (Å²) in [6.07, 6.45) is 2.68. The molecule has 1 rings (SSSR count). The first-order valence-electron chi connectivity index (χ1n) is 4.59. The quantitative estimate of drug-likeness (QED) is 0.476. The van der Waals surface area contributed by atoms with E-state index in [0.717, 1.165) is 0 Å². The van der Waals surface area contributed by atoms with Crippen LogP contribution in [0.1, 0.15) is 18.5 Å². The zero-order valence-electron chi connectivity index (χ0n) is 8.58. The number of pyridine rings is 1. The molecule has 1 unspecified atom stereocenters. The van der Waals surface area contributed by atoms with Crippen LogP contribution < -0.4 is 16.0 Å². The van der Waals surface area contributed by atoms with Crippen molar-refractivity contribution in [3.8, 4) is 5.75 Å². The average molecular weight is 252 g/mol. The predicted molar refractivity (Wildman–Crippen MR) is 56.3 cm³/mol. The first kappa shape index (κ1) is 13.1. The molecule has 1 aromatic rings. The summed E-state index contributed by atoms with van der Waals surface area (Å²) in [5.41, 5.74) is 2.11. The standard InChI is InChI=1S/C9H12ClF2N3O/c1-2-16-7-3-6(4-14-5-7)8(15-13)9(10,11)12/h3-5,8,15H,2,13H2,1H3. The van der Waals surface area contributed by atoms with Crippen LogP contribution in [0.2, 0.25) is 0 Å². The summed E-state index contributed by atoms with van der Waals surface area (Å²) in [6, 6.07) is -0.0980. The molecule has 0 aromatic carbocycles. The molecule has 0 fully saturated rings. The molecule has 0 aliphatic rings. The van der Waals surface area contributed by atoms with Crippen LogP contribution in [0.5, 0.6) is 5.75 Å². The van der Waals surface area contributed by atoms with Crippen LogP contribution in [0.4, 0.5) is 8.78 Å². The third-order valence-corrected chi connectivity index (χ3v) is 2.09. The maximum atomic E-state index is 12.9. The number of hydrogen-bond donors (Lipinski definition) is 2. The van der Waals surface area contributed by atoms with Gasteiger partial charge in [0.05, 0.1) is 12.8 Å². The predicted octanol–water partition coefficient (Wildman–Crippen LogP) is 1.82. The summed E-state index contributed by atoms with van der Waals surface area (Å²) in [6.45, 7) is 2.20. The van der Waals surface area contributed by atoms with E-state index in [2.05, 4.69) is 4.98 Å². The van der Waals surface area contributed by atoms with Gasteiger partial charge >= 0.3 is 5.38 Å². The number of halogens is 3. The van der Waals surface area contributed by atoms with Gasteiger partial charge in [0.15, 0.2) is 0 Å². The average Bonchev–Trinajstić information content (AvgIpc) is 2.17. The van der Waals surface area contributed by atoms with E-state index in [9.17, 15) is 8.78 Å². The minimum Gasteiger partial charge on any atom is -0.492 e. The fourth-order valence-electron chi connectivity index (χ4n) is 1.22. The molecule has 7 heteroatoms. The topological polar surface area (TPSA) is 60.2 Å². The minimum atomic E-state index is -3.50. The smallest absolute Gasteiger partial charge is 0.342 e. The summed E-state index contributed by atoms with van der Waals surface area (Å²) in [4.78, 5) is 3.77. The van der Waals surface area contributed by atoms with Gasteiger partial charge in [0, 0.05) is 6.20 Å². The van der Waals surface area contributed by atoms with Crippen molar-refractivity contribution in [1.82, 2.24) is 10.4 Å². The highest BCUT2D eigenvalue weighted by Crippen LogP contribution is 2.34. The van der Waals surface area contributed by atoms with Crippen LogP contribution in [-0.4, -0.2) is 17.0 Å². The lowest BCUT2D eigenvalue weighted by Gasteiger charge is -2.20. The van der Waals surface area contributed by atoms with E-state index in [4.69, 9.17) is 22.2 Å². The van der Waals surface area contributed by atoms with Crippen LogP contribution in [0.25, 0.3) is 0 Å². The molecule has 0 aliphatic heterocycles. The van der Waals surface area contributed by atoms with E-state index in [-0.39, 0.29) is 5.56 Å². The Balaban J connectivity index is 2.97. The largest absolute Gasteiger partial charge is 0.492 e. The fraction of sp³-hybridized carbons (Fsp3) is 0.444. The Labute approximate surface area is 96.7 Å². The SMILES string of the molecule is CCOc1cncc(C(NN)C(F)(F)Cl)c1. The van der Waals surface area contributed by atoms with Crippen molar-refractivity contribution in [3.63, 3.8) is 0 Å². The number of hydrogen-bond acceptors (Lipinski definition) is 4. The van der Waals surface area contributed by atoms with E-state index in [0.29, 0.717) is 12.4 Å². The second-order valence-corrected chi connectivity index (χ2v) is 3.53. The van der Waals surface area contributed by atoms with Gasteiger partial charge in [-0.3, -0.25) is 10.8 Å². The zero-order valence-corrected chi connectivity index (χ0v) is 9.34. The highest BCUT2D eigenvalue weighted by molar-refractivity contribution is 6.22. The molecule has 90 valence electrons. The number of alkyl halides is 3. The summed E-state index contributed by atoms with van der Waals surface area (Å²) in [7, 11) is 0. The third kappa shape index (κ3) is 3.26. The molecule has 16 heavy (non-hydrogen) atoms. The lowest BCUT2D eigenvalue weighted by Crippen LogP contribution is -2.37. The molecule has 3 N–H and O–H groups in total. The Bertz CT molecular complexity index is 346. The zero-order chi connectivity index (χ0) is 12.2. The van der Waals surface area contributed by atoms with E-state index in [1.54, 1.807) is 6.92 Å². The maximum absolute atomic E-state index is 12.9. The molecule has 1 heterocycles. The number of nitrogens with two attached hydrogens (primary N) is 1. The van der Waals surface area contributed by atoms with Gasteiger partial charge < -0.3 is 4.74 Å². The van der Waals surface area contributed by atoms with Crippen LogP contribution in [0, 0.1) is 0 Å². The van der Waals surface area contributed by atoms with Gasteiger partial charge in [-0.25, -0.2) is 5.43 Å². The summed E-state index contributed by atoms with van der Waals surface area (Å²) in [5, 5.41) is -3.50. The number of ether oxygens (including phenoxy) is 1. The van der Waals surface area contributed by atoms with Gasteiger partial charge in [0.2, 0.25) is 0 Å². The number of aromatic nitrogens is 1. The summed E-state index contributed by atoms with van der Waals surface area (Å²) >= 11 is 4.92. The third-order valence-electron chi connectivity index (χ3n) is 1.87. The van der Waals surface area contributed by atoms with Crippen LogP contribution >= 0.6 is 11.6 Å². The van der Waals surface area contributed by atoms with E-state index in [1.807, 2.05) is 5.43 Å². The molecule has 1 aromatic heterocycles. The molecule has 0 saturated carbocycles. The Morgan fingerprint density at radius 2 is 2.31 bits per heavy atom. The molecular weight excluding hydrogens is 240 g/mol. The van der Waals surface area contributed by atoms with Crippen LogP contribution in [0.15, 0.2) is 18.5 Å². The fourth-order valence-corrected chi connectivity index (χ4v) is 1.41. The Kier molecular flexibility index (Phi) is 4.40. The molecule has 0 radical (unpaired) electrons. The molecule has 0 bridgehead atoms. The monoisotopic (exact) mass is 251 g/mol. The van der Waals surface area contributed by atoms with E-state index < -0.39 is 11.4 Å². The van der Waals surface area contributed by atoms with Crippen LogP contribution in [-0.2, 0) is 0 Å². The second kappa shape index (κ2) is 5.38. The Morgan fingerprint density at radius 3 is 2.81 bits per heavy atom. The molecule has 0 aliphatic carbocycles. The normalized spacial score (nSPS) is 13.6. The molecule has 1 atom stereocenters. The maximum Gasteiger partial charge on any atom is 0.342 e. The molecule has 4 nitrogen and oxygen atoms in total. The second-order valence-electron chi connectivity index (χ2n) is 3.03. The van der Waals surface area contributed by atoms with Crippen molar-refractivity contribution >= 4 is 11.6 Å². The molecule has 0 spiro atoms. The first-order valence-corrected chi connectivity index (χ1v) is 4.97. The van der Waals surface area contributed by atoms with Gasteiger partial charge in [-0.2, -0.15) is 8.78 Å². The molecular formula is C9H12ClF2N3O. The van der Waals surface area contributed by atoms with E-state index in [1.165, 1.54) is 18.5 Å². The van der Waals surface area contributed by atoms with Crippen molar-refractivity contribution < 1.29 is 13.5 Å². The Hall–Kier alpha value is -0.980. The highest BCUT2D eigenvalue weighted by Gasteiger charge is 2.38. The Morgan fingerprint density at radius 1 is 1.62 bits per heavy atom. The lowest BCUT2D eigenvalue weighted by molar-refractivity contribution is 0.0495. The highest BCUT2D eigenvalue weighted by atomic mass is 35.5. The molecule has 0 amide bonds. The van der Waals surface area contributed by atoms with Crippen molar-refractivity contribution in [2.75, 3.05) is 6.61 Å². The van der Waals surface area contributed by atoms with Crippen molar-refractivity contribution in [3.05, 3.63) is 24.0 Å². The van der Waals surface area contributed by atoms with Gasteiger partial charge in [-0.1, -0.05) is 0 Å². The van der Waals surface area contributed by atoms with Crippen molar-refractivity contribution in [2.45, 2.75) is 18.3 Å². The van der Waals surface area contributed by atoms with Gasteiger partial charge in [-0.15, -0.1) is 0 Å². The van der Waals surface area contributed by atoms with Gasteiger partial charge in [0.1, 0.15) is 11.8 Å². The molecule has 0 saturated heterocycles. The summed E-state index contributed by atoms with van der Waals surface area (Å²) < 4.78 is 31.0. The van der Waals surface area contributed by atoms with E-state index >= 15 is 0 Å². The first-order chi connectivity index (χ1) is 7.49. The van der Waals surface area contributed by atoms with Crippen molar-refractivity contribution in [1.29, 1.82) is 0 Å². The number of rotatable bonds is 5. The number of nitrogens with zero attached hydrogens (tertiary/aromatic N) is 1. The summed E-state index contributed by atoms with van der Waals surface area (Å²) in [5.74, 6) is 5.42. The number of nitrogens with one attached hydrogen (secondary N) is 1. The van der Waals surface area contributed by atoms with Gasteiger partial charge in [0.25, 0.3) is 0 Å². The lowest BCUT2D eigenvalue weighted by atomic mass is 10.1.